The summed E-state index contributed by atoms with van der Waals surface area (Å²) < 4.78 is 28.1. The van der Waals surface area contributed by atoms with Crippen molar-refractivity contribution < 1.29 is 8.78 Å². The van der Waals surface area contributed by atoms with Crippen LogP contribution >= 0.6 is 0 Å². The Balaban J connectivity index is 1.99. The molecule has 2 rings (SSSR count). The maximum Gasteiger partial charge on any atom is 0.150 e. The SMILES string of the molecule is CC(C)(C)CCN1CCN(c2c(F)cc(C#N)cc2F)CC1. The lowest BCUT2D eigenvalue weighted by atomic mass is 9.92. The lowest BCUT2D eigenvalue weighted by molar-refractivity contribution is 0.216. The highest BCUT2D eigenvalue weighted by Crippen LogP contribution is 2.26. The van der Waals surface area contributed by atoms with Crippen LogP contribution in [0.3, 0.4) is 0 Å². The monoisotopic (exact) mass is 307 g/mol. The molecule has 0 aliphatic carbocycles. The molecule has 1 aromatic carbocycles. The first-order chi connectivity index (χ1) is 10.3. The predicted molar refractivity (Wildman–Crippen MR) is 83.8 cm³/mol. The Labute approximate surface area is 131 Å². The lowest BCUT2D eigenvalue weighted by Gasteiger charge is -2.37. The average Bonchev–Trinajstić information content (AvgIpc) is 2.44. The highest BCUT2D eigenvalue weighted by molar-refractivity contribution is 5.53. The molecule has 0 N–H and O–H groups in total. The Kier molecular flexibility index (Phi) is 5.02. The number of piperazine rings is 1. The second kappa shape index (κ2) is 6.62. The van der Waals surface area contributed by atoms with E-state index in [1.165, 1.54) is 0 Å². The molecule has 1 aromatic rings. The highest BCUT2D eigenvalue weighted by Gasteiger charge is 2.23. The van der Waals surface area contributed by atoms with E-state index in [1.807, 2.05) is 0 Å². The van der Waals surface area contributed by atoms with Crippen LogP contribution < -0.4 is 4.90 Å². The van der Waals surface area contributed by atoms with E-state index in [4.69, 9.17) is 5.26 Å². The van der Waals surface area contributed by atoms with E-state index in [9.17, 15) is 8.78 Å². The number of nitriles is 1. The van der Waals surface area contributed by atoms with Gasteiger partial charge < -0.3 is 4.90 Å². The van der Waals surface area contributed by atoms with Gasteiger partial charge in [0.25, 0.3) is 0 Å². The topological polar surface area (TPSA) is 30.3 Å². The van der Waals surface area contributed by atoms with Crippen molar-refractivity contribution in [3.05, 3.63) is 29.3 Å². The van der Waals surface area contributed by atoms with Crippen molar-refractivity contribution in [3.63, 3.8) is 0 Å². The van der Waals surface area contributed by atoms with Crippen molar-refractivity contribution in [2.75, 3.05) is 37.6 Å². The van der Waals surface area contributed by atoms with Crippen LogP contribution in [0.15, 0.2) is 12.1 Å². The van der Waals surface area contributed by atoms with Gasteiger partial charge >= 0.3 is 0 Å². The number of benzene rings is 1. The Morgan fingerprint density at radius 1 is 1.09 bits per heavy atom. The fourth-order valence-corrected chi connectivity index (χ4v) is 2.62. The summed E-state index contributed by atoms with van der Waals surface area (Å²) in [6.07, 6.45) is 1.10. The van der Waals surface area contributed by atoms with Crippen molar-refractivity contribution in [1.82, 2.24) is 4.90 Å². The van der Waals surface area contributed by atoms with Gasteiger partial charge in [-0.25, -0.2) is 8.78 Å². The second-order valence-corrected chi connectivity index (χ2v) is 7.04. The van der Waals surface area contributed by atoms with Gasteiger partial charge in [0.1, 0.15) is 5.69 Å². The van der Waals surface area contributed by atoms with Gasteiger partial charge in [0.2, 0.25) is 0 Å². The molecule has 0 radical (unpaired) electrons. The maximum absolute atomic E-state index is 14.0. The van der Waals surface area contributed by atoms with E-state index in [1.54, 1.807) is 11.0 Å². The summed E-state index contributed by atoms with van der Waals surface area (Å²) >= 11 is 0. The van der Waals surface area contributed by atoms with Crippen LogP contribution in [0.5, 0.6) is 0 Å². The summed E-state index contributed by atoms with van der Waals surface area (Å²) in [6.45, 7) is 10.5. The van der Waals surface area contributed by atoms with E-state index in [2.05, 4.69) is 25.7 Å². The normalized spacial score (nSPS) is 16.6. The van der Waals surface area contributed by atoms with Crippen LogP contribution in [0, 0.1) is 28.4 Å². The molecule has 22 heavy (non-hydrogen) atoms. The minimum absolute atomic E-state index is 0.00512. The lowest BCUT2D eigenvalue weighted by Crippen LogP contribution is -2.47. The predicted octanol–water partition coefficient (Wildman–Crippen LogP) is 3.39. The molecule has 0 bridgehead atoms. The van der Waals surface area contributed by atoms with Gasteiger partial charge in [-0.05, 0) is 30.5 Å². The Morgan fingerprint density at radius 2 is 1.64 bits per heavy atom. The van der Waals surface area contributed by atoms with Crippen LogP contribution in [-0.2, 0) is 0 Å². The van der Waals surface area contributed by atoms with Crippen LogP contribution in [0.2, 0.25) is 0 Å². The molecule has 1 aliphatic heterocycles. The summed E-state index contributed by atoms with van der Waals surface area (Å²) in [5.41, 5.74) is 0.305. The fraction of sp³-hybridized carbons (Fsp3) is 0.588. The highest BCUT2D eigenvalue weighted by atomic mass is 19.1. The van der Waals surface area contributed by atoms with Gasteiger partial charge in [0, 0.05) is 26.2 Å². The van der Waals surface area contributed by atoms with Gasteiger partial charge in [-0.1, -0.05) is 20.8 Å². The van der Waals surface area contributed by atoms with E-state index in [-0.39, 0.29) is 11.3 Å². The summed E-state index contributed by atoms with van der Waals surface area (Å²) in [4.78, 5) is 4.07. The number of rotatable bonds is 3. The third kappa shape index (κ3) is 4.17. The fourth-order valence-electron chi connectivity index (χ4n) is 2.62. The molecule has 1 heterocycles. The first-order valence-corrected chi connectivity index (χ1v) is 7.66. The minimum Gasteiger partial charge on any atom is -0.364 e. The third-order valence-corrected chi connectivity index (χ3v) is 4.01. The second-order valence-electron chi connectivity index (χ2n) is 7.04. The molecule has 0 saturated carbocycles. The van der Waals surface area contributed by atoms with E-state index in [0.29, 0.717) is 18.5 Å². The third-order valence-electron chi connectivity index (χ3n) is 4.01. The zero-order chi connectivity index (χ0) is 16.3. The summed E-state index contributed by atoms with van der Waals surface area (Å²) in [5.74, 6) is -1.31. The quantitative estimate of drug-likeness (QED) is 0.857. The number of halogens is 2. The number of nitrogens with zero attached hydrogens (tertiary/aromatic N) is 3. The molecule has 1 fully saturated rings. The molecule has 1 saturated heterocycles. The minimum atomic E-state index is -0.653. The van der Waals surface area contributed by atoms with Gasteiger partial charge in [-0.15, -0.1) is 0 Å². The Bertz CT molecular complexity index is 541. The number of hydrogen-bond acceptors (Lipinski definition) is 3. The first-order valence-electron chi connectivity index (χ1n) is 7.66. The van der Waals surface area contributed by atoms with Crippen LogP contribution in [0.4, 0.5) is 14.5 Å². The van der Waals surface area contributed by atoms with Crippen molar-refractivity contribution >= 4 is 5.69 Å². The van der Waals surface area contributed by atoms with Gasteiger partial charge in [-0.3, -0.25) is 4.90 Å². The van der Waals surface area contributed by atoms with E-state index < -0.39 is 11.6 Å². The largest absolute Gasteiger partial charge is 0.364 e. The molecule has 3 nitrogen and oxygen atoms in total. The maximum atomic E-state index is 14.0. The standard InChI is InChI=1S/C17H23F2N3/c1-17(2,3)4-5-21-6-8-22(9-7-21)16-14(18)10-13(12-20)11-15(16)19/h10-11H,4-9H2,1-3H3. The molecule has 120 valence electrons. The number of hydrogen-bond donors (Lipinski definition) is 0. The number of anilines is 1. The summed E-state index contributed by atoms with van der Waals surface area (Å²) in [5, 5.41) is 8.74. The van der Waals surface area contributed by atoms with E-state index >= 15 is 0 Å². The van der Waals surface area contributed by atoms with Crippen LogP contribution in [0.25, 0.3) is 0 Å². The zero-order valence-electron chi connectivity index (χ0n) is 13.5. The molecule has 0 atom stereocenters. The first kappa shape index (κ1) is 16.7. The van der Waals surface area contributed by atoms with Crippen molar-refractivity contribution in [2.45, 2.75) is 27.2 Å². The average molecular weight is 307 g/mol. The summed E-state index contributed by atoms with van der Waals surface area (Å²) in [6, 6.07) is 3.97. The van der Waals surface area contributed by atoms with Gasteiger partial charge in [0.05, 0.1) is 11.6 Å². The molecule has 0 amide bonds. The Hall–Kier alpha value is -1.67. The van der Waals surface area contributed by atoms with Crippen molar-refractivity contribution in [1.29, 1.82) is 5.26 Å². The van der Waals surface area contributed by atoms with Crippen molar-refractivity contribution in [3.8, 4) is 6.07 Å². The van der Waals surface area contributed by atoms with Crippen molar-refractivity contribution in [2.24, 2.45) is 5.41 Å². The molecule has 0 spiro atoms. The molecular weight excluding hydrogens is 284 g/mol. The molecule has 0 unspecified atom stereocenters. The summed E-state index contributed by atoms with van der Waals surface area (Å²) in [7, 11) is 0. The van der Waals surface area contributed by atoms with E-state index in [0.717, 1.165) is 38.2 Å². The zero-order valence-corrected chi connectivity index (χ0v) is 13.5. The molecule has 5 heteroatoms. The molecular formula is C17H23F2N3. The van der Waals surface area contributed by atoms with Gasteiger partial charge in [-0.2, -0.15) is 5.26 Å². The molecule has 1 aliphatic rings. The van der Waals surface area contributed by atoms with Gasteiger partial charge in [0.15, 0.2) is 11.6 Å². The molecule has 0 aromatic heterocycles. The van der Waals surface area contributed by atoms with Crippen LogP contribution in [0.1, 0.15) is 32.8 Å². The Morgan fingerprint density at radius 3 is 2.09 bits per heavy atom. The van der Waals surface area contributed by atoms with Crippen LogP contribution in [-0.4, -0.2) is 37.6 Å². The smallest absolute Gasteiger partial charge is 0.150 e.